The van der Waals surface area contributed by atoms with Crippen LogP contribution in [0.3, 0.4) is 0 Å². The van der Waals surface area contributed by atoms with Gasteiger partial charge in [0.05, 0.1) is 12.2 Å². The van der Waals surface area contributed by atoms with Crippen molar-refractivity contribution in [1.82, 2.24) is 20.9 Å². The van der Waals surface area contributed by atoms with Crippen LogP contribution >= 0.6 is 21.6 Å². The van der Waals surface area contributed by atoms with Crippen molar-refractivity contribution in [2.24, 2.45) is 5.41 Å². The second-order valence-electron chi connectivity index (χ2n) is 8.36. The number of ether oxygens (including phenoxy) is 1. The maximum atomic E-state index is 12.0. The number of hydrogen-bond donors (Lipinski definition) is 4. The molecule has 0 spiro atoms. The van der Waals surface area contributed by atoms with E-state index >= 15 is 0 Å². The monoisotopic (exact) mass is 530 g/mol. The number of nitrogens with one attached hydrogen (secondary N) is 3. The number of unbranched alkanes of at least 4 members (excludes halogenated alkanes) is 1. The van der Waals surface area contributed by atoms with Gasteiger partial charge < -0.3 is 25.8 Å². The summed E-state index contributed by atoms with van der Waals surface area (Å²) in [7, 11) is 4.73. The Balaban J connectivity index is 0.00000267. The van der Waals surface area contributed by atoms with Crippen molar-refractivity contribution in [2.45, 2.75) is 53.1 Å². The molecule has 0 unspecified atom stereocenters. The van der Waals surface area contributed by atoms with Crippen LogP contribution in [-0.4, -0.2) is 78.8 Å². The molecule has 0 aromatic carbocycles. The molecule has 200 valence electrons. The SMILES string of the molecule is CCCC.COCC(C)(C)[C@@H](O)C(=O)NCCC(=O)NCCSSCCNC(=O)c1cccnc1. The van der Waals surface area contributed by atoms with E-state index in [1.165, 1.54) is 26.1 Å². The standard InChI is InChI=1S/C20H32N4O5S2.C4H10/c1-20(2,14-29-3)17(26)19(28)23-8-6-16(25)22-9-11-30-31-12-10-24-18(27)15-5-4-7-21-13-15;1-3-4-2/h4-5,7,13,17,26H,6,8-12,14H2,1-3H3,(H,22,25)(H,23,28)(H,24,27);3-4H2,1-2H3/t17-;/m0./s1. The quantitative estimate of drug-likeness (QED) is 0.190. The summed E-state index contributed by atoms with van der Waals surface area (Å²) in [4.78, 5) is 39.5. The van der Waals surface area contributed by atoms with Gasteiger partial charge in [0.15, 0.2) is 0 Å². The van der Waals surface area contributed by atoms with Crippen molar-refractivity contribution in [2.75, 3.05) is 44.9 Å². The van der Waals surface area contributed by atoms with Crippen LogP contribution in [0.1, 0.15) is 57.3 Å². The van der Waals surface area contributed by atoms with Gasteiger partial charge >= 0.3 is 0 Å². The fourth-order valence-electron chi connectivity index (χ4n) is 2.45. The smallest absolute Gasteiger partial charge is 0.252 e. The van der Waals surface area contributed by atoms with Crippen molar-refractivity contribution in [3.63, 3.8) is 0 Å². The number of pyridine rings is 1. The van der Waals surface area contributed by atoms with E-state index in [1.807, 2.05) is 0 Å². The Kier molecular flexibility index (Phi) is 19.3. The van der Waals surface area contributed by atoms with Gasteiger partial charge in [0.2, 0.25) is 11.8 Å². The first-order valence-corrected chi connectivity index (χ1v) is 14.3. The normalized spacial score (nSPS) is 11.6. The Morgan fingerprint density at radius 3 is 2.23 bits per heavy atom. The number of aliphatic hydroxyl groups excluding tert-OH is 1. The molecule has 1 rings (SSSR count). The van der Waals surface area contributed by atoms with E-state index in [4.69, 9.17) is 4.74 Å². The van der Waals surface area contributed by atoms with Crippen molar-refractivity contribution in [1.29, 1.82) is 0 Å². The third-order valence-electron chi connectivity index (χ3n) is 4.64. The molecular formula is C24H42N4O5S2. The molecule has 0 aliphatic heterocycles. The molecule has 1 aromatic rings. The number of rotatable bonds is 16. The predicted molar refractivity (Wildman–Crippen MR) is 144 cm³/mol. The molecule has 0 radical (unpaired) electrons. The molecule has 0 bridgehead atoms. The highest BCUT2D eigenvalue weighted by molar-refractivity contribution is 8.76. The average molecular weight is 531 g/mol. The number of aliphatic hydroxyl groups is 1. The topological polar surface area (TPSA) is 130 Å². The molecule has 0 saturated carbocycles. The summed E-state index contributed by atoms with van der Waals surface area (Å²) in [6.45, 7) is 9.29. The van der Waals surface area contributed by atoms with E-state index in [0.29, 0.717) is 18.7 Å². The van der Waals surface area contributed by atoms with Crippen LogP contribution in [0.2, 0.25) is 0 Å². The number of carbonyl (C=O) groups excluding carboxylic acids is 3. The molecule has 0 fully saturated rings. The molecular weight excluding hydrogens is 488 g/mol. The summed E-state index contributed by atoms with van der Waals surface area (Å²) in [6.07, 6.45) is 4.71. The highest BCUT2D eigenvalue weighted by Gasteiger charge is 2.33. The van der Waals surface area contributed by atoms with Crippen molar-refractivity contribution in [3.8, 4) is 0 Å². The average Bonchev–Trinajstić information content (AvgIpc) is 2.85. The van der Waals surface area contributed by atoms with E-state index in [9.17, 15) is 19.5 Å². The van der Waals surface area contributed by atoms with Crippen LogP contribution in [0.5, 0.6) is 0 Å². The fraction of sp³-hybridized carbons (Fsp3) is 0.667. The van der Waals surface area contributed by atoms with Gasteiger partial charge in [-0.1, -0.05) is 62.1 Å². The number of carbonyl (C=O) groups is 3. The first-order chi connectivity index (χ1) is 16.7. The zero-order valence-electron chi connectivity index (χ0n) is 21.6. The minimum Gasteiger partial charge on any atom is -0.384 e. The van der Waals surface area contributed by atoms with E-state index in [0.717, 1.165) is 11.5 Å². The van der Waals surface area contributed by atoms with Crippen LogP contribution < -0.4 is 16.0 Å². The molecule has 11 heteroatoms. The first kappa shape index (κ1) is 33.2. The second-order valence-corrected chi connectivity index (χ2v) is 11.1. The Labute approximate surface area is 217 Å². The molecule has 0 saturated heterocycles. The predicted octanol–water partition coefficient (Wildman–Crippen LogP) is 2.66. The van der Waals surface area contributed by atoms with Crippen molar-refractivity contribution >= 4 is 39.3 Å². The molecule has 1 heterocycles. The molecule has 1 aromatic heterocycles. The number of aromatic nitrogens is 1. The van der Waals surface area contributed by atoms with Gasteiger partial charge in [0.1, 0.15) is 6.10 Å². The number of methoxy groups -OCH3 is 1. The lowest BCUT2D eigenvalue weighted by atomic mass is 9.87. The van der Waals surface area contributed by atoms with Crippen LogP contribution in [0.4, 0.5) is 0 Å². The lowest BCUT2D eigenvalue weighted by molar-refractivity contribution is -0.137. The van der Waals surface area contributed by atoms with Gasteiger partial charge in [-0.3, -0.25) is 19.4 Å². The van der Waals surface area contributed by atoms with Gasteiger partial charge in [-0.2, -0.15) is 0 Å². The van der Waals surface area contributed by atoms with Crippen LogP contribution in [0, 0.1) is 5.41 Å². The second kappa shape index (κ2) is 20.4. The Bertz CT molecular complexity index is 721. The lowest BCUT2D eigenvalue weighted by Gasteiger charge is -2.28. The number of nitrogens with zero attached hydrogens (tertiary/aromatic N) is 1. The van der Waals surface area contributed by atoms with Gasteiger partial charge in [-0.15, -0.1) is 0 Å². The minimum absolute atomic E-state index is 0.140. The minimum atomic E-state index is -1.21. The van der Waals surface area contributed by atoms with Crippen LogP contribution in [-0.2, 0) is 14.3 Å². The first-order valence-electron chi connectivity index (χ1n) is 11.8. The van der Waals surface area contributed by atoms with Crippen LogP contribution in [0.15, 0.2) is 24.5 Å². The van der Waals surface area contributed by atoms with E-state index < -0.39 is 17.4 Å². The molecule has 0 aliphatic carbocycles. The Hall–Kier alpha value is -1.82. The summed E-state index contributed by atoms with van der Waals surface area (Å²) < 4.78 is 5.01. The zero-order valence-corrected chi connectivity index (χ0v) is 23.2. The third-order valence-corrected chi connectivity index (χ3v) is 7.05. The highest BCUT2D eigenvalue weighted by Crippen LogP contribution is 2.21. The van der Waals surface area contributed by atoms with Crippen molar-refractivity contribution in [3.05, 3.63) is 30.1 Å². The van der Waals surface area contributed by atoms with Crippen molar-refractivity contribution < 1.29 is 24.2 Å². The molecule has 1 atom stereocenters. The summed E-state index contributed by atoms with van der Waals surface area (Å²) in [5, 5.41) is 18.2. The van der Waals surface area contributed by atoms with Gasteiger partial charge in [0, 0.05) is 62.5 Å². The van der Waals surface area contributed by atoms with Crippen LogP contribution in [0.25, 0.3) is 0 Å². The summed E-state index contributed by atoms with van der Waals surface area (Å²) >= 11 is 0. The number of hydrogen-bond acceptors (Lipinski definition) is 8. The molecule has 0 aliphatic rings. The number of amides is 3. The molecule has 4 N–H and O–H groups in total. The van der Waals surface area contributed by atoms with Gasteiger partial charge in [-0.05, 0) is 12.1 Å². The summed E-state index contributed by atoms with van der Waals surface area (Å²) in [5.41, 5.74) is -0.176. The maximum absolute atomic E-state index is 12.0. The maximum Gasteiger partial charge on any atom is 0.252 e. The fourth-order valence-corrected chi connectivity index (χ4v) is 4.26. The molecule has 9 nitrogen and oxygen atoms in total. The Morgan fingerprint density at radius 1 is 1.06 bits per heavy atom. The Morgan fingerprint density at radius 2 is 1.69 bits per heavy atom. The van der Waals surface area contributed by atoms with Gasteiger partial charge in [-0.25, -0.2) is 0 Å². The third kappa shape index (κ3) is 16.5. The van der Waals surface area contributed by atoms with Gasteiger partial charge in [0.25, 0.3) is 5.91 Å². The summed E-state index contributed by atoms with van der Waals surface area (Å²) in [6, 6.07) is 3.43. The summed E-state index contributed by atoms with van der Waals surface area (Å²) in [5.74, 6) is 0.646. The van der Waals surface area contributed by atoms with E-state index in [1.54, 1.807) is 53.8 Å². The molecule has 35 heavy (non-hydrogen) atoms. The zero-order chi connectivity index (χ0) is 26.5. The molecule has 3 amide bonds. The largest absolute Gasteiger partial charge is 0.384 e. The van der Waals surface area contributed by atoms with E-state index in [-0.39, 0.29) is 31.4 Å². The van der Waals surface area contributed by atoms with E-state index in [2.05, 4.69) is 34.8 Å². The lowest BCUT2D eigenvalue weighted by Crippen LogP contribution is -2.46. The highest BCUT2D eigenvalue weighted by atomic mass is 33.1.